The molecule has 0 amide bonds. The Hall–Kier alpha value is 0.120. The van der Waals surface area contributed by atoms with Gasteiger partial charge in [-0.05, 0) is 37.2 Å². The molecule has 21 heavy (non-hydrogen) atoms. The molecule has 3 saturated heterocycles. The van der Waals surface area contributed by atoms with E-state index in [-0.39, 0.29) is 5.60 Å². The van der Waals surface area contributed by atoms with E-state index in [0.717, 1.165) is 39.3 Å². The second kappa shape index (κ2) is 7.13. The van der Waals surface area contributed by atoms with Crippen LogP contribution < -0.4 is 5.73 Å². The van der Waals surface area contributed by atoms with Gasteiger partial charge in [-0.15, -0.1) is 0 Å². The number of nitrogens with two attached hydrogens (primary N) is 1. The lowest BCUT2D eigenvalue weighted by molar-refractivity contribution is -0.113. The molecule has 0 radical (unpaired) electrons. The highest BCUT2D eigenvalue weighted by Gasteiger charge is 2.40. The molecule has 1 unspecified atom stereocenters. The smallest absolute Gasteiger partial charge is 0.0870 e. The maximum Gasteiger partial charge on any atom is 0.0870 e. The summed E-state index contributed by atoms with van der Waals surface area (Å²) in [5.74, 6) is 2.54. The van der Waals surface area contributed by atoms with E-state index in [1.807, 2.05) is 0 Å². The maximum absolute atomic E-state index is 6.22. The van der Waals surface area contributed by atoms with Gasteiger partial charge in [0.25, 0.3) is 0 Å². The van der Waals surface area contributed by atoms with Crippen molar-refractivity contribution in [3.05, 3.63) is 0 Å². The van der Waals surface area contributed by atoms with Crippen molar-refractivity contribution in [3.63, 3.8) is 0 Å². The van der Waals surface area contributed by atoms with Crippen LogP contribution in [0.5, 0.6) is 0 Å². The summed E-state index contributed by atoms with van der Waals surface area (Å²) in [6, 6.07) is 0.717. The molecule has 1 atom stereocenters. The molecule has 3 fully saturated rings. The third kappa shape index (κ3) is 4.10. The minimum atomic E-state index is 0.199. The van der Waals surface area contributed by atoms with Crippen molar-refractivity contribution in [2.24, 2.45) is 5.73 Å². The zero-order chi connectivity index (χ0) is 14.7. The molecule has 0 aromatic rings. The predicted molar refractivity (Wildman–Crippen MR) is 93.1 cm³/mol. The van der Waals surface area contributed by atoms with Crippen LogP contribution in [-0.4, -0.2) is 77.3 Å². The molecule has 6 heteroatoms. The largest absolute Gasteiger partial charge is 0.392 e. The van der Waals surface area contributed by atoms with E-state index in [1.54, 1.807) is 0 Å². The Morgan fingerprint density at radius 2 is 1.95 bits per heavy atom. The van der Waals surface area contributed by atoms with Crippen molar-refractivity contribution in [1.29, 1.82) is 0 Å². The fourth-order valence-electron chi connectivity index (χ4n) is 3.91. The minimum absolute atomic E-state index is 0.199. The topological polar surface area (TPSA) is 41.7 Å². The predicted octanol–water partition coefficient (Wildman–Crippen LogP) is 1.33. The monoisotopic (exact) mass is 329 g/mol. The van der Waals surface area contributed by atoms with Crippen molar-refractivity contribution < 1.29 is 4.74 Å². The van der Waals surface area contributed by atoms with Crippen LogP contribution in [0.1, 0.15) is 25.7 Å². The van der Waals surface area contributed by atoms with Crippen molar-refractivity contribution >= 4 is 29.0 Å². The van der Waals surface area contributed by atoms with E-state index < -0.39 is 0 Å². The summed E-state index contributed by atoms with van der Waals surface area (Å²) in [6.07, 6.45) is 4.93. The Balaban J connectivity index is 1.52. The lowest BCUT2D eigenvalue weighted by Gasteiger charge is -2.48. The third-order valence-corrected chi connectivity index (χ3v) is 6.29. The molecule has 2 N–H and O–H groups in total. The number of hydrogen-bond donors (Lipinski definition) is 1. The van der Waals surface area contributed by atoms with Crippen LogP contribution in [0.15, 0.2) is 0 Å². The molecular formula is C15H27N3OS2. The molecule has 0 aromatic heterocycles. The lowest BCUT2D eigenvalue weighted by atomic mass is 9.84. The number of piperazine rings is 1. The van der Waals surface area contributed by atoms with Gasteiger partial charge in [0.05, 0.1) is 10.6 Å². The highest BCUT2D eigenvalue weighted by atomic mass is 32.2. The fourth-order valence-corrected chi connectivity index (χ4v) is 5.33. The van der Waals surface area contributed by atoms with Gasteiger partial charge in [-0.3, -0.25) is 9.80 Å². The SMILES string of the molecule is NC(=S)CN1CCN(C2CCOC3(CCSCC3)C2)CC1. The zero-order valence-corrected chi connectivity index (χ0v) is 14.4. The van der Waals surface area contributed by atoms with Gasteiger partial charge >= 0.3 is 0 Å². The van der Waals surface area contributed by atoms with Gasteiger partial charge in [0.2, 0.25) is 0 Å². The van der Waals surface area contributed by atoms with Gasteiger partial charge < -0.3 is 10.5 Å². The molecule has 0 bridgehead atoms. The molecule has 3 aliphatic rings. The van der Waals surface area contributed by atoms with E-state index in [9.17, 15) is 0 Å². The second-order valence-corrected chi connectivity index (χ2v) is 8.32. The van der Waals surface area contributed by atoms with E-state index in [4.69, 9.17) is 22.7 Å². The average Bonchev–Trinajstić information content (AvgIpc) is 2.48. The summed E-state index contributed by atoms with van der Waals surface area (Å²) in [7, 11) is 0. The minimum Gasteiger partial charge on any atom is -0.392 e. The molecular weight excluding hydrogens is 302 g/mol. The highest BCUT2D eigenvalue weighted by molar-refractivity contribution is 7.99. The van der Waals surface area contributed by atoms with Crippen LogP contribution in [0, 0.1) is 0 Å². The molecule has 0 saturated carbocycles. The van der Waals surface area contributed by atoms with E-state index in [0.29, 0.717) is 11.0 Å². The van der Waals surface area contributed by atoms with Crippen molar-refractivity contribution in [2.45, 2.75) is 37.3 Å². The maximum atomic E-state index is 6.22. The molecule has 120 valence electrons. The fraction of sp³-hybridized carbons (Fsp3) is 0.933. The molecule has 3 rings (SSSR count). The Kier molecular flexibility index (Phi) is 5.43. The Morgan fingerprint density at radius 1 is 1.24 bits per heavy atom. The first-order chi connectivity index (χ1) is 10.2. The van der Waals surface area contributed by atoms with Crippen molar-refractivity contribution in [1.82, 2.24) is 9.80 Å². The number of thiocarbonyl (C=S) groups is 1. The van der Waals surface area contributed by atoms with Gasteiger partial charge in [0.1, 0.15) is 0 Å². The van der Waals surface area contributed by atoms with Crippen LogP contribution in [0.2, 0.25) is 0 Å². The molecule has 0 aliphatic carbocycles. The first kappa shape index (κ1) is 16.0. The molecule has 0 aromatic carbocycles. The average molecular weight is 330 g/mol. The number of rotatable bonds is 3. The van der Waals surface area contributed by atoms with Crippen LogP contribution in [0.25, 0.3) is 0 Å². The number of thioether (sulfide) groups is 1. The summed E-state index contributed by atoms with van der Waals surface area (Å²) in [5.41, 5.74) is 5.85. The number of hydrogen-bond acceptors (Lipinski definition) is 5. The Morgan fingerprint density at radius 3 is 2.62 bits per heavy atom. The van der Waals surface area contributed by atoms with Crippen LogP contribution in [0.3, 0.4) is 0 Å². The Bertz CT molecular complexity index is 360. The second-order valence-electron chi connectivity index (χ2n) is 6.57. The Labute approximate surface area is 137 Å². The summed E-state index contributed by atoms with van der Waals surface area (Å²) < 4.78 is 6.22. The first-order valence-electron chi connectivity index (χ1n) is 8.13. The van der Waals surface area contributed by atoms with E-state index >= 15 is 0 Å². The summed E-state index contributed by atoms with van der Waals surface area (Å²) in [4.78, 5) is 5.68. The van der Waals surface area contributed by atoms with Gasteiger partial charge in [-0.25, -0.2) is 0 Å². The van der Waals surface area contributed by atoms with Gasteiger partial charge in [0, 0.05) is 45.4 Å². The molecule has 4 nitrogen and oxygen atoms in total. The van der Waals surface area contributed by atoms with Crippen molar-refractivity contribution in [3.8, 4) is 0 Å². The molecule has 1 spiro atoms. The van der Waals surface area contributed by atoms with E-state index in [2.05, 4.69) is 21.6 Å². The van der Waals surface area contributed by atoms with Crippen molar-refractivity contribution in [2.75, 3.05) is 50.8 Å². The normalized spacial score (nSPS) is 31.3. The zero-order valence-electron chi connectivity index (χ0n) is 12.8. The van der Waals surface area contributed by atoms with E-state index in [1.165, 1.54) is 37.2 Å². The molecule has 3 aliphatic heterocycles. The summed E-state index contributed by atoms with van der Waals surface area (Å²) in [5, 5.41) is 0. The third-order valence-electron chi connectivity index (χ3n) is 5.17. The van der Waals surface area contributed by atoms with Gasteiger partial charge in [-0.2, -0.15) is 11.8 Å². The van der Waals surface area contributed by atoms with Crippen LogP contribution in [0.4, 0.5) is 0 Å². The van der Waals surface area contributed by atoms with Crippen LogP contribution >= 0.6 is 24.0 Å². The van der Waals surface area contributed by atoms with Gasteiger partial charge in [0.15, 0.2) is 0 Å². The lowest BCUT2D eigenvalue weighted by Crippen LogP contribution is -2.56. The first-order valence-corrected chi connectivity index (χ1v) is 9.70. The van der Waals surface area contributed by atoms with Gasteiger partial charge in [-0.1, -0.05) is 12.2 Å². The quantitative estimate of drug-likeness (QED) is 0.788. The molecule has 3 heterocycles. The number of ether oxygens (including phenoxy) is 1. The number of nitrogens with zero attached hydrogens (tertiary/aromatic N) is 2. The van der Waals surface area contributed by atoms with Crippen LogP contribution in [-0.2, 0) is 4.74 Å². The summed E-state index contributed by atoms with van der Waals surface area (Å²) in [6.45, 7) is 6.21. The standard InChI is InChI=1S/C15H27N3OS2/c16-14(20)12-17-4-6-18(7-5-17)13-1-8-19-15(11-13)2-9-21-10-3-15/h13H,1-12H2,(H2,16,20). The highest BCUT2D eigenvalue weighted by Crippen LogP contribution is 2.39. The summed E-state index contributed by atoms with van der Waals surface area (Å²) >= 11 is 7.10.